The van der Waals surface area contributed by atoms with Gasteiger partial charge in [-0.3, -0.25) is 0 Å². The van der Waals surface area contributed by atoms with Crippen LogP contribution in [0.4, 0.5) is 0 Å². The number of nitrogens with zero attached hydrogens (tertiary/aromatic N) is 1. The quantitative estimate of drug-likeness (QED) is 0.874. The molecule has 0 amide bonds. The molecule has 0 saturated heterocycles. The number of rotatable bonds is 3. The first kappa shape index (κ1) is 12.4. The van der Waals surface area contributed by atoms with E-state index in [4.69, 9.17) is 10.5 Å². The van der Waals surface area contributed by atoms with Gasteiger partial charge in [-0.1, -0.05) is 26.8 Å². The van der Waals surface area contributed by atoms with Crippen molar-refractivity contribution in [2.75, 3.05) is 6.54 Å². The SMILES string of the molecule is CC(C)(C)c1ccc(OC2CC(CN)C2)nc1. The van der Waals surface area contributed by atoms with Crippen LogP contribution in [0.15, 0.2) is 18.3 Å². The molecule has 2 rings (SSSR count). The van der Waals surface area contributed by atoms with E-state index < -0.39 is 0 Å². The molecule has 0 unspecified atom stereocenters. The second kappa shape index (κ2) is 4.65. The fraction of sp³-hybridized carbons (Fsp3) is 0.643. The summed E-state index contributed by atoms with van der Waals surface area (Å²) in [5.41, 5.74) is 6.97. The standard InChI is InChI=1S/C14H22N2O/c1-14(2,3)11-4-5-13(16-9-11)17-12-6-10(7-12)8-15/h4-5,9-10,12H,6-8,15H2,1-3H3. The molecule has 0 bridgehead atoms. The smallest absolute Gasteiger partial charge is 0.213 e. The molecule has 0 radical (unpaired) electrons. The lowest BCUT2D eigenvalue weighted by Gasteiger charge is -2.34. The van der Waals surface area contributed by atoms with Crippen molar-refractivity contribution in [3.05, 3.63) is 23.9 Å². The zero-order valence-electron chi connectivity index (χ0n) is 10.9. The highest BCUT2D eigenvalue weighted by Crippen LogP contribution is 2.30. The number of nitrogens with two attached hydrogens (primary N) is 1. The lowest BCUT2D eigenvalue weighted by molar-refractivity contribution is 0.0648. The van der Waals surface area contributed by atoms with Gasteiger partial charge in [-0.25, -0.2) is 4.98 Å². The van der Waals surface area contributed by atoms with Crippen LogP contribution in [0.5, 0.6) is 5.88 Å². The monoisotopic (exact) mass is 234 g/mol. The molecule has 94 valence electrons. The Balaban J connectivity index is 1.91. The molecule has 3 heteroatoms. The normalized spacial score (nSPS) is 24.2. The summed E-state index contributed by atoms with van der Waals surface area (Å²) in [6.45, 7) is 7.32. The predicted octanol–water partition coefficient (Wildman–Crippen LogP) is 2.50. The van der Waals surface area contributed by atoms with Gasteiger partial charge in [-0.15, -0.1) is 0 Å². The van der Waals surface area contributed by atoms with Crippen molar-refractivity contribution in [3.63, 3.8) is 0 Å². The Bertz CT molecular complexity index is 361. The van der Waals surface area contributed by atoms with E-state index in [0.29, 0.717) is 12.0 Å². The average Bonchev–Trinajstić information content (AvgIpc) is 2.22. The number of ether oxygens (including phenoxy) is 1. The van der Waals surface area contributed by atoms with Gasteiger partial charge in [0.25, 0.3) is 0 Å². The van der Waals surface area contributed by atoms with E-state index in [1.165, 1.54) is 5.56 Å². The van der Waals surface area contributed by atoms with Gasteiger partial charge < -0.3 is 10.5 Å². The maximum absolute atomic E-state index is 5.78. The molecule has 3 nitrogen and oxygen atoms in total. The first-order valence-corrected chi connectivity index (χ1v) is 6.32. The number of hydrogen-bond donors (Lipinski definition) is 1. The van der Waals surface area contributed by atoms with E-state index in [9.17, 15) is 0 Å². The van der Waals surface area contributed by atoms with Crippen molar-refractivity contribution in [3.8, 4) is 5.88 Å². The maximum atomic E-state index is 5.78. The average molecular weight is 234 g/mol. The van der Waals surface area contributed by atoms with Crippen LogP contribution in [-0.2, 0) is 5.41 Å². The second-order valence-electron chi connectivity index (χ2n) is 5.95. The van der Waals surface area contributed by atoms with Gasteiger partial charge in [0.1, 0.15) is 6.10 Å². The van der Waals surface area contributed by atoms with Crippen LogP contribution in [0.25, 0.3) is 0 Å². The summed E-state index contributed by atoms with van der Waals surface area (Å²) in [6.07, 6.45) is 4.36. The van der Waals surface area contributed by atoms with Crippen LogP contribution < -0.4 is 10.5 Å². The molecule has 1 heterocycles. The summed E-state index contributed by atoms with van der Waals surface area (Å²) in [7, 11) is 0. The molecule has 1 aromatic rings. The molecule has 2 N–H and O–H groups in total. The lowest BCUT2D eigenvalue weighted by Crippen LogP contribution is -2.37. The summed E-state index contributed by atoms with van der Waals surface area (Å²) in [5, 5.41) is 0. The molecule has 1 saturated carbocycles. The van der Waals surface area contributed by atoms with Gasteiger partial charge in [0.05, 0.1) is 0 Å². The van der Waals surface area contributed by atoms with Crippen LogP contribution in [0, 0.1) is 5.92 Å². The molecule has 0 aliphatic heterocycles. The molecule has 1 aliphatic carbocycles. The first-order chi connectivity index (χ1) is 7.99. The Hall–Kier alpha value is -1.09. The fourth-order valence-corrected chi connectivity index (χ4v) is 2.03. The van der Waals surface area contributed by atoms with E-state index in [-0.39, 0.29) is 5.41 Å². The number of pyridine rings is 1. The van der Waals surface area contributed by atoms with Crippen molar-refractivity contribution in [2.24, 2.45) is 11.7 Å². The van der Waals surface area contributed by atoms with Gasteiger partial charge in [-0.05, 0) is 36.3 Å². The van der Waals surface area contributed by atoms with E-state index in [1.807, 2.05) is 12.3 Å². The van der Waals surface area contributed by atoms with Crippen molar-refractivity contribution in [2.45, 2.75) is 45.1 Å². The molecule has 1 aliphatic rings. The summed E-state index contributed by atoms with van der Waals surface area (Å²) < 4.78 is 5.78. The fourth-order valence-electron chi connectivity index (χ4n) is 2.03. The third kappa shape index (κ3) is 2.97. The van der Waals surface area contributed by atoms with Crippen molar-refractivity contribution >= 4 is 0 Å². The van der Waals surface area contributed by atoms with Gasteiger partial charge in [0.15, 0.2) is 0 Å². The molecule has 0 atom stereocenters. The van der Waals surface area contributed by atoms with Crippen LogP contribution in [0.1, 0.15) is 39.2 Å². The molecule has 0 aromatic carbocycles. The van der Waals surface area contributed by atoms with Gasteiger partial charge in [0.2, 0.25) is 5.88 Å². The third-order valence-electron chi connectivity index (χ3n) is 3.42. The van der Waals surface area contributed by atoms with E-state index >= 15 is 0 Å². The minimum Gasteiger partial charge on any atom is -0.474 e. The summed E-state index contributed by atoms with van der Waals surface area (Å²) >= 11 is 0. The number of aromatic nitrogens is 1. The maximum Gasteiger partial charge on any atom is 0.213 e. The van der Waals surface area contributed by atoms with Crippen molar-refractivity contribution < 1.29 is 4.74 Å². The summed E-state index contributed by atoms with van der Waals surface area (Å²) in [5.74, 6) is 1.38. The highest BCUT2D eigenvalue weighted by atomic mass is 16.5. The molecular formula is C14H22N2O. The van der Waals surface area contributed by atoms with E-state index in [0.717, 1.165) is 25.3 Å². The summed E-state index contributed by atoms with van der Waals surface area (Å²) in [6, 6.07) is 4.07. The van der Waals surface area contributed by atoms with Crippen LogP contribution in [0.3, 0.4) is 0 Å². The van der Waals surface area contributed by atoms with Crippen LogP contribution in [-0.4, -0.2) is 17.6 Å². The van der Waals surface area contributed by atoms with E-state index in [2.05, 4.69) is 31.8 Å². The van der Waals surface area contributed by atoms with Gasteiger partial charge >= 0.3 is 0 Å². The molecular weight excluding hydrogens is 212 g/mol. The van der Waals surface area contributed by atoms with Gasteiger partial charge in [-0.2, -0.15) is 0 Å². The number of hydrogen-bond acceptors (Lipinski definition) is 3. The Morgan fingerprint density at radius 2 is 2.06 bits per heavy atom. The first-order valence-electron chi connectivity index (χ1n) is 6.32. The largest absolute Gasteiger partial charge is 0.474 e. The lowest BCUT2D eigenvalue weighted by atomic mass is 9.82. The van der Waals surface area contributed by atoms with Crippen LogP contribution >= 0.6 is 0 Å². The van der Waals surface area contributed by atoms with Crippen molar-refractivity contribution in [1.82, 2.24) is 4.98 Å². The molecule has 17 heavy (non-hydrogen) atoms. The zero-order chi connectivity index (χ0) is 12.5. The van der Waals surface area contributed by atoms with Gasteiger partial charge in [0, 0.05) is 12.3 Å². The molecule has 0 spiro atoms. The van der Waals surface area contributed by atoms with E-state index in [1.54, 1.807) is 0 Å². The Morgan fingerprint density at radius 3 is 2.53 bits per heavy atom. The molecule has 1 fully saturated rings. The Morgan fingerprint density at radius 1 is 1.35 bits per heavy atom. The predicted molar refractivity (Wildman–Crippen MR) is 69.1 cm³/mol. The highest BCUT2D eigenvalue weighted by molar-refractivity contribution is 5.23. The Labute approximate surface area is 103 Å². The summed E-state index contributed by atoms with van der Waals surface area (Å²) in [4.78, 5) is 4.36. The minimum atomic E-state index is 0.145. The zero-order valence-corrected chi connectivity index (χ0v) is 10.9. The third-order valence-corrected chi connectivity index (χ3v) is 3.42. The topological polar surface area (TPSA) is 48.1 Å². The second-order valence-corrected chi connectivity index (χ2v) is 5.95. The minimum absolute atomic E-state index is 0.145. The highest BCUT2D eigenvalue weighted by Gasteiger charge is 2.29. The molecule has 1 aromatic heterocycles. The Kier molecular flexibility index (Phi) is 3.38. The van der Waals surface area contributed by atoms with Crippen LogP contribution in [0.2, 0.25) is 0 Å². The van der Waals surface area contributed by atoms with Crippen molar-refractivity contribution in [1.29, 1.82) is 0 Å².